The van der Waals surface area contributed by atoms with Gasteiger partial charge in [0.1, 0.15) is 5.82 Å². The number of nitrogens with one attached hydrogen (secondary N) is 1. The van der Waals surface area contributed by atoms with Gasteiger partial charge in [0.25, 0.3) is 0 Å². The Morgan fingerprint density at radius 1 is 1.20 bits per heavy atom. The number of halogens is 3. The maximum atomic E-state index is 13.4. The summed E-state index contributed by atoms with van der Waals surface area (Å²) in [5, 5.41) is 0. The first-order valence-corrected chi connectivity index (χ1v) is 7.76. The Labute approximate surface area is 134 Å². The van der Waals surface area contributed by atoms with Crippen molar-refractivity contribution in [1.82, 2.24) is 5.43 Å². The fourth-order valence-electron chi connectivity index (χ4n) is 2.21. The normalized spacial score (nSPS) is 12.4. The van der Waals surface area contributed by atoms with Crippen molar-refractivity contribution in [3.8, 4) is 0 Å². The number of nitrogens with two attached hydrogens (primary N) is 1. The van der Waals surface area contributed by atoms with E-state index in [4.69, 9.17) is 5.84 Å². The quantitative estimate of drug-likeness (QED) is 0.588. The Bertz CT molecular complexity index is 617. The van der Waals surface area contributed by atoms with E-state index in [0.29, 0.717) is 6.42 Å². The number of hydrazine groups is 1. The lowest BCUT2D eigenvalue weighted by Gasteiger charge is -2.19. The highest BCUT2D eigenvalue weighted by atomic mass is 79.9. The summed E-state index contributed by atoms with van der Waals surface area (Å²) in [6.45, 7) is 2.03. The maximum absolute atomic E-state index is 13.4. The largest absolute Gasteiger partial charge is 0.271 e. The van der Waals surface area contributed by atoms with Gasteiger partial charge in [0.05, 0.1) is 6.04 Å². The van der Waals surface area contributed by atoms with E-state index in [0.717, 1.165) is 25.6 Å². The molecule has 0 spiro atoms. The predicted octanol–water partition coefficient (Wildman–Crippen LogP) is 4.41. The topological polar surface area (TPSA) is 38.0 Å². The van der Waals surface area contributed by atoms with Gasteiger partial charge in [-0.1, -0.05) is 37.9 Å². The third-order valence-electron chi connectivity index (χ3n) is 3.24. The van der Waals surface area contributed by atoms with Crippen molar-refractivity contribution in [3.05, 3.63) is 67.9 Å². The molecule has 0 aromatic heterocycles. The van der Waals surface area contributed by atoms with E-state index in [2.05, 4.69) is 37.3 Å². The molecule has 1 atom stereocenters. The van der Waals surface area contributed by atoms with Gasteiger partial charge < -0.3 is 0 Å². The van der Waals surface area contributed by atoms with Crippen molar-refractivity contribution in [2.75, 3.05) is 0 Å². The highest BCUT2D eigenvalue weighted by Gasteiger charge is 2.15. The van der Waals surface area contributed by atoms with E-state index in [1.807, 2.05) is 25.1 Å². The minimum absolute atomic E-state index is 0.0683. The zero-order valence-electron chi connectivity index (χ0n) is 11.0. The fraction of sp³-hybridized carbons (Fsp3) is 0.200. The highest BCUT2D eigenvalue weighted by molar-refractivity contribution is 9.10. The third kappa shape index (κ3) is 3.67. The van der Waals surface area contributed by atoms with Gasteiger partial charge in [-0.25, -0.2) is 4.39 Å². The summed E-state index contributed by atoms with van der Waals surface area (Å²) < 4.78 is 15.3. The van der Waals surface area contributed by atoms with Gasteiger partial charge in [0.15, 0.2) is 0 Å². The zero-order chi connectivity index (χ0) is 14.7. The summed E-state index contributed by atoms with van der Waals surface area (Å²) in [5.74, 6) is 5.43. The van der Waals surface area contributed by atoms with E-state index >= 15 is 0 Å². The van der Waals surface area contributed by atoms with Crippen LogP contribution in [0.15, 0.2) is 45.3 Å². The lowest BCUT2D eigenvalue weighted by Crippen LogP contribution is -2.30. The highest BCUT2D eigenvalue weighted by Crippen LogP contribution is 2.27. The molecule has 5 heteroatoms. The molecule has 2 aromatic rings. The molecule has 0 aliphatic heterocycles. The number of benzene rings is 2. The molecule has 0 radical (unpaired) electrons. The monoisotopic (exact) mass is 400 g/mol. The zero-order valence-corrected chi connectivity index (χ0v) is 14.1. The van der Waals surface area contributed by atoms with Crippen LogP contribution in [0.5, 0.6) is 0 Å². The van der Waals surface area contributed by atoms with Crippen LogP contribution in [0.2, 0.25) is 0 Å². The Morgan fingerprint density at radius 3 is 2.60 bits per heavy atom. The van der Waals surface area contributed by atoms with Crippen molar-refractivity contribution in [1.29, 1.82) is 0 Å². The molecule has 106 valence electrons. The Hall–Kier alpha value is -0.750. The number of aryl methyl sites for hydroxylation is 1. The second-order valence-electron chi connectivity index (χ2n) is 4.66. The van der Waals surface area contributed by atoms with Gasteiger partial charge in [-0.3, -0.25) is 11.3 Å². The molecule has 2 rings (SSSR count). The first-order chi connectivity index (χ1) is 9.51. The average molecular weight is 402 g/mol. The van der Waals surface area contributed by atoms with E-state index < -0.39 is 0 Å². The summed E-state index contributed by atoms with van der Waals surface area (Å²) in [4.78, 5) is 0. The van der Waals surface area contributed by atoms with Crippen molar-refractivity contribution in [3.63, 3.8) is 0 Å². The lowest BCUT2D eigenvalue weighted by molar-refractivity contribution is 0.545. The smallest absolute Gasteiger partial charge is 0.123 e. The molecule has 0 amide bonds. The van der Waals surface area contributed by atoms with Crippen LogP contribution in [-0.2, 0) is 6.42 Å². The summed E-state index contributed by atoms with van der Waals surface area (Å²) in [5.41, 5.74) is 5.94. The molecule has 20 heavy (non-hydrogen) atoms. The fourth-order valence-corrected chi connectivity index (χ4v) is 3.09. The number of hydrogen-bond donors (Lipinski definition) is 2. The van der Waals surface area contributed by atoms with Gasteiger partial charge in [-0.15, -0.1) is 0 Å². The third-order valence-corrected chi connectivity index (χ3v) is 4.51. The standard InChI is InChI=1S/C15H15Br2FN2/c1-9-6-11(16)2-4-13(9)15(20-19)8-10-7-12(18)3-5-14(10)17/h2-7,15,20H,8,19H2,1H3. The molecule has 0 heterocycles. The average Bonchev–Trinajstić information content (AvgIpc) is 2.40. The summed E-state index contributed by atoms with van der Waals surface area (Å²) in [7, 11) is 0. The first kappa shape index (κ1) is 15.6. The second-order valence-corrected chi connectivity index (χ2v) is 6.43. The van der Waals surface area contributed by atoms with E-state index in [-0.39, 0.29) is 11.9 Å². The SMILES string of the molecule is Cc1cc(Br)ccc1C(Cc1cc(F)ccc1Br)NN. The molecule has 0 saturated carbocycles. The van der Waals surface area contributed by atoms with Crippen molar-refractivity contribution < 1.29 is 4.39 Å². The van der Waals surface area contributed by atoms with Crippen molar-refractivity contribution in [2.45, 2.75) is 19.4 Å². The Morgan fingerprint density at radius 2 is 1.95 bits per heavy atom. The molecular formula is C15H15Br2FN2. The van der Waals surface area contributed by atoms with Crippen molar-refractivity contribution >= 4 is 31.9 Å². The van der Waals surface area contributed by atoms with Crippen LogP contribution < -0.4 is 11.3 Å². The van der Waals surface area contributed by atoms with E-state index in [1.165, 1.54) is 12.1 Å². The van der Waals surface area contributed by atoms with E-state index in [1.54, 1.807) is 6.07 Å². The molecule has 2 nitrogen and oxygen atoms in total. The van der Waals surface area contributed by atoms with Gasteiger partial charge in [0, 0.05) is 8.95 Å². The van der Waals surface area contributed by atoms with Crippen LogP contribution in [0, 0.1) is 12.7 Å². The molecule has 0 saturated heterocycles. The molecular weight excluding hydrogens is 387 g/mol. The van der Waals surface area contributed by atoms with Crippen LogP contribution in [0.25, 0.3) is 0 Å². The van der Waals surface area contributed by atoms with Gasteiger partial charge in [0.2, 0.25) is 0 Å². The van der Waals surface area contributed by atoms with Crippen LogP contribution in [0.4, 0.5) is 4.39 Å². The molecule has 0 bridgehead atoms. The van der Waals surface area contributed by atoms with Crippen LogP contribution in [0.1, 0.15) is 22.7 Å². The Balaban J connectivity index is 2.31. The summed E-state index contributed by atoms with van der Waals surface area (Å²) in [6, 6.07) is 10.7. The minimum atomic E-state index is -0.244. The predicted molar refractivity (Wildman–Crippen MR) is 86.7 cm³/mol. The van der Waals surface area contributed by atoms with Crippen LogP contribution >= 0.6 is 31.9 Å². The Kier molecular flexibility index (Phi) is 5.32. The minimum Gasteiger partial charge on any atom is -0.271 e. The van der Waals surface area contributed by atoms with Gasteiger partial charge >= 0.3 is 0 Å². The van der Waals surface area contributed by atoms with E-state index in [9.17, 15) is 4.39 Å². The second kappa shape index (κ2) is 6.80. The summed E-state index contributed by atoms with van der Waals surface area (Å²) in [6.07, 6.45) is 0.608. The maximum Gasteiger partial charge on any atom is 0.123 e. The number of hydrogen-bond acceptors (Lipinski definition) is 2. The van der Waals surface area contributed by atoms with Crippen molar-refractivity contribution in [2.24, 2.45) is 5.84 Å². The number of rotatable bonds is 4. The van der Waals surface area contributed by atoms with Gasteiger partial charge in [-0.2, -0.15) is 0 Å². The van der Waals surface area contributed by atoms with Crippen LogP contribution in [-0.4, -0.2) is 0 Å². The van der Waals surface area contributed by atoms with Gasteiger partial charge in [-0.05, 0) is 60.4 Å². The lowest BCUT2D eigenvalue weighted by atomic mass is 9.96. The molecule has 2 aromatic carbocycles. The molecule has 0 aliphatic carbocycles. The van der Waals surface area contributed by atoms with Crippen LogP contribution in [0.3, 0.4) is 0 Å². The molecule has 0 aliphatic rings. The first-order valence-electron chi connectivity index (χ1n) is 6.17. The molecule has 0 fully saturated rings. The summed E-state index contributed by atoms with van der Waals surface area (Å²) >= 11 is 6.89. The molecule has 1 unspecified atom stereocenters. The molecule has 3 N–H and O–H groups in total.